The highest BCUT2D eigenvalue weighted by atomic mass is 16.2. The van der Waals surface area contributed by atoms with Gasteiger partial charge in [0.1, 0.15) is 5.78 Å². The van der Waals surface area contributed by atoms with Crippen LogP contribution < -0.4 is 5.32 Å². The van der Waals surface area contributed by atoms with Crippen LogP contribution in [0.3, 0.4) is 0 Å². The molecule has 0 fully saturated rings. The lowest BCUT2D eigenvalue weighted by Gasteiger charge is -2.33. The summed E-state index contributed by atoms with van der Waals surface area (Å²) in [5, 5.41) is 3.23. The Morgan fingerprint density at radius 3 is 2.39 bits per heavy atom. The van der Waals surface area contributed by atoms with Crippen LogP contribution in [0.2, 0.25) is 0 Å². The van der Waals surface area contributed by atoms with Gasteiger partial charge in [-0.15, -0.1) is 0 Å². The maximum absolute atomic E-state index is 13.0. The average Bonchev–Trinajstić information content (AvgIpc) is 2.78. The molecule has 0 saturated heterocycles. The average molecular weight is 424 g/mol. The second-order valence-corrected chi connectivity index (χ2v) is 8.81. The monoisotopic (exact) mass is 423 g/mol. The molecule has 2 aromatic rings. The number of carbonyl (C=O) groups is 2. The Kier molecular flexibility index (Phi) is 9.38. The smallest absolute Gasteiger partial charge is 0.240 e. The molecule has 2 rings (SSSR count). The van der Waals surface area contributed by atoms with Crippen molar-refractivity contribution in [3.05, 3.63) is 54.4 Å². The van der Waals surface area contributed by atoms with Crippen molar-refractivity contribution < 1.29 is 9.59 Å². The number of pyridine rings is 1. The predicted octanol–water partition coefficient (Wildman–Crippen LogP) is 5.18. The van der Waals surface area contributed by atoms with Gasteiger partial charge in [0.15, 0.2) is 0 Å². The fourth-order valence-corrected chi connectivity index (χ4v) is 3.31. The molecule has 1 aromatic carbocycles. The Morgan fingerprint density at radius 2 is 1.74 bits per heavy atom. The van der Waals surface area contributed by atoms with E-state index in [0.717, 1.165) is 42.5 Å². The zero-order valence-electron chi connectivity index (χ0n) is 19.6. The first kappa shape index (κ1) is 24.7. The van der Waals surface area contributed by atoms with Gasteiger partial charge in [0.05, 0.1) is 17.3 Å². The van der Waals surface area contributed by atoms with E-state index in [1.54, 1.807) is 0 Å². The van der Waals surface area contributed by atoms with Gasteiger partial charge in [0.25, 0.3) is 0 Å². The largest absolute Gasteiger partial charge is 0.346 e. The van der Waals surface area contributed by atoms with Gasteiger partial charge in [-0.25, -0.2) is 0 Å². The topological polar surface area (TPSA) is 62.3 Å². The van der Waals surface area contributed by atoms with Crippen LogP contribution in [0.25, 0.3) is 11.1 Å². The molecule has 168 valence electrons. The summed E-state index contributed by atoms with van der Waals surface area (Å²) in [6.45, 7) is 5.75. The van der Waals surface area contributed by atoms with Gasteiger partial charge < -0.3 is 5.32 Å². The van der Waals surface area contributed by atoms with Gasteiger partial charge in [-0.05, 0) is 64.0 Å². The molecule has 0 bridgehead atoms. The van der Waals surface area contributed by atoms with Crippen molar-refractivity contribution in [2.45, 2.75) is 70.9 Å². The third-order valence-corrected chi connectivity index (χ3v) is 6.07. The minimum Gasteiger partial charge on any atom is -0.346 e. The summed E-state index contributed by atoms with van der Waals surface area (Å²) in [6.07, 6.45) is 6.65. The number of unbranched alkanes of at least 4 members (excludes halogenated alkanes) is 2. The fourth-order valence-electron chi connectivity index (χ4n) is 3.31. The number of nitrogens with zero attached hydrogens (tertiary/aromatic N) is 2. The number of nitrogens with one attached hydrogen (secondary N) is 1. The zero-order valence-corrected chi connectivity index (χ0v) is 19.6. The molecule has 31 heavy (non-hydrogen) atoms. The summed E-state index contributed by atoms with van der Waals surface area (Å²) < 4.78 is 0. The van der Waals surface area contributed by atoms with Crippen LogP contribution in [0.5, 0.6) is 0 Å². The van der Waals surface area contributed by atoms with E-state index >= 15 is 0 Å². The summed E-state index contributed by atoms with van der Waals surface area (Å²) in [5.74, 6) is 0.297. The first-order valence-electron chi connectivity index (χ1n) is 11.3. The quantitative estimate of drug-likeness (QED) is 0.478. The van der Waals surface area contributed by atoms with E-state index in [9.17, 15) is 9.59 Å². The van der Waals surface area contributed by atoms with Crippen molar-refractivity contribution in [1.29, 1.82) is 0 Å². The SMILES string of the molecule is CCC(=O)CCCCC[C@H](NC(=O)C(C)(C)N(C)C)c1cc(-c2ccccc2)ccn1. The lowest BCUT2D eigenvalue weighted by molar-refractivity contribution is -0.131. The molecule has 1 atom stereocenters. The van der Waals surface area contributed by atoms with E-state index in [2.05, 4.69) is 28.5 Å². The second-order valence-electron chi connectivity index (χ2n) is 8.81. The van der Waals surface area contributed by atoms with Gasteiger partial charge in [-0.1, -0.05) is 50.1 Å². The molecular weight excluding hydrogens is 386 g/mol. The van der Waals surface area contributed by atoms with Crippen LogP contribution in [0.4, 0.5) is 0 Å². The summed E-state index contributed by atoms with van der Waals surface area (Å²) in [7, 11) is 3.82. The lowest BCUT2D eigenvalue weighted by Crippen LogP contribution is -2.52. The zero-order chi connectivity index (χ0) is 22.9. The van der Waals surface area contributed by atoms with Gasteiger partial charge in [-0.3, -0.25) is 19.5 Å². The number of ketones is 1. The molecule has 1 aromatic heterocycles. The van der Waals surface area contributed by atoms with Crippen LogP contribution in [0, 0.1) is 0 Å². The minimum atomic E-state index is -0.622. The van der Waals surface area contributed by atoms with E-state index in [-0.39, 0.29) is 11.9 Å². The van der Waals surface area contributed by atoms with Crippen molar-refractivity contribution in [3.8, 4) is 11.1 Å². The van der Waals surface area contributed by atoms with E-state index < -0.39 is 5.54 Å². The number of hydrogen-bond donors (Lipinski definition) is 1. The fraction of sp³-hybridized carbons (Fsp3) is 0.500. The first-order chi connectivity index (χ1) is 14.8. The highest BCUT2D eigenvalue weighted by Crippen LogP contribution is 2.25. The Bertz CT molecular complexity index is 847. The van der Waals surface area contributed by atoms with Crippen LogP contribution in [0.15, 0.2) is 48.7 Å². The van der Waals surface area contributed by atoms with Crippen molar-refractivity contribution in [3.63, 3.8) is 0 Å². The molecule has 0 aliphatic heterocycles. The Labute approximate surface area is 187 Å². The molecule has 0 aliphatic carbocycles. The number of Topliss-reactive ketones (excluding diaryl/α,β-unsaturated/α-hetero) is 1. The number of benzene rings is 1. The molecular formula is C26H37N3O2. The lowest BCUT2D eigenvalue weighted by atomic mass is 9.97. The van der Waals surface area contributed by atoms with Gasteiger partial charge >= 0.3 is 0 Å². The normalized spacial score (nSPS) is 12.6. The highest BCUT2D eigenvalue weighted by Gasteiger charge is 2.32. The number of rotatable bonds is 12. The summed E-state index contributed by atoms with van der Waals surface area (Å²) in [5.41, 5.74) is 2.46. The third kappa shape index (κ3) is 7.28. The molecule has 0 unspecified atom stereocenters. The predicted molar refractivity (Wildman–Crippen MR) is 127 cm³/mol. The van der Waals surface area contributed by atoms with Crippen molar-refractivity contribution in [1.82, 2.24) is 15.2 Å². The Balaban J connectivity index is 2.17. The summed E-state index contributed by atoms with van der Waals surface area (Å²) in [6, 6.07) is 14.1. The van der Waals surface area contributed by atoms with Crippen LogP contribution in [0.1, 0.15) is 71.0 Å². The molecule has 0 saturated carbocycles. The molecule has 1 N–H and O–H groups in total. The third-order valence-electron chi connectivity index (χ3n) is 6.07. The standard InChI is InChI=1S/C26H37N3O2/c1-6-22(30)15-11-8-12-16-23(28-25(31)26(2,3)29(4)5)24-19-21(17-18-27-24)20-13-9-7-10-14-20/h7,9-10,13-14,17-19,23H,6,8,11-12,15-16H2,1-5H3,(H,28,31)/t23-/m0/s1. The Morgan fingerprint density at radius 1 is 1.03 bits per heavy atom. The number of aromatic nitrogens is 1. The van der Waals surface area contributed by atoms with E-state index in [4.69, 9.17) is 0 Å². The number of likely N-dealkylation sites (N-methyl/N-ethyl adjacent to an activating group) is 1. The van der Waals surface area contributed by atoms with Crippen molar-refractivity contribution in [2.24, 2.45) is 0 Å². The second kappa shape index (κ2) is 11.8. The molecule has 0 radical (unpaired) electrons. The van der Waals surface area contributed by atoms with E-state index in [0.29, 0.717) is 18.6 Å². The number of carbonyl (C=O) groups excluding carboxylic acids is 2. The number of hydrogen-bond acceptors (Lipinski definition) is 4. The van der Waals surface area contributed by atoms with Gasteiger partial charge in [0.2, 0.25) is 5.91 Å². The van der Waals surface area contributed by atoms with Crippen LogP contribution in [-0.2, 0) is 9.59 Å². The van der Waals surface area contributed by atoms with Crippen LogP contribution >= 0.6 is 0 Å². The Hall–Kier alpha value is -2.53. The molecule has 1 amide bonds. The minimum absolute atomic E-state index is 0.0180. The number of amides is 1. The van der Waals surface area contributed by atoms with E-state index in [1.165, 1.54) is 0 Å². The maximum Gasteiger partial charge on any atom is 0.240 e. The van der Waals surface area contributed by atoms with Crippen molar-refractivity contribution >= 4 is 11.7 Å². The highest BCUT2D eigenvalue weighted by molar-refractivity contribution is 5.85. The van der Waals surface area contributed by atoms with Crippen molar-refractivity contribution in [2.75, 3.05) is 14.1 Å². The maximum atomic E-state index is 13.0. The summed E-state index contributed by atoms with van der Waals surface area (Å²) >= 11 is 0. The van der Waals surface area contributed by atoms with E-state index in [1.807, 2.05) is 70.2 Å². The van der Waals surface area contributed by atoms with Crippen LogP contribution in [-0.4, -0.2) is 41.2 Å². The van der Waals surface area contributed by atoms with Gasteiger partial charge in [0, 0.05) is 19.0 Å². The molecule has 5 nitrogen and oxygen atoms in total. The summed E-state index contributed by atoms with van der Waals surface area (Å²) in [4.78, 5) is 31.1. The molecule has 1 heterocycles. The van der Waals surface area contributed by atoms with Gasteiger partial charge in [-0.2, -0.15) is 0 Å². The molecule has 0 aliphatic rings. The molecule has 5 heteroatoms. The first-order valence-corrected chi connectivity index (χ1v) is 11.3. The molecule has 0 spiro atoms.